The van der Waals surface area contributed by atoms with Crippen LogP contribution in [0.15, 0.2) is 47.6 Å². The van der Waals surface area contributed by atoms with E-state index in [0.29, 0.717) is 11.3 Å². The molecule has 1 amide bonds. The zero-order valence-electron chi connectivity index (χ0n) is 12.4. The minimum Gasteiger partial charge on any atom is -0.496 e. The molecule has 0 atom stereocenters. The van der Waals surface area contributed by atoms with Crippen molar-refractivity contribution in [1.82, 2.24) is 5.43 Å². The number of nitrogens with zero attached hydrogens (tertiary/aromatic N) is 1. The van der Waals surface area contributed by atoms with E-state index in [-0.39, 0.29) is 5.56 Å². The van der Waals surface area contributed by atoms with Crippen molar-refractivity contribution in [2.45, 2.75) is 6.18 Å². The molecule has 0 radical (unpaired) electrons. The first-order chi connectivity index (χ1) is 11.3. The summed E-state index contributed by atoms with van der Waals surface area (Å²) < 4.78 is 44.4. The van der Waals surface area contributed by atoms with Crippen LogP contribution in [-0.2, 0) is 6.18 Å². The predicted octanol–water partition coefficient (Wildman–Crippen LogP) is 4.08. The highest BCUT2D eigenvalue weighted by molar-refractivity contribution is 14.1. The molecule has 24 heavy (non-hydrogen) atoms. The predicted molar refractivity (Wildman–Crippen MR) is 92.2 cm³/mol. The van der Waals surface area contributed by atoms with Crippen molar-refractivity contribution in [3.63, 3.8) is 0 Å². The fourth-order valence-corrected chi connectivity index (χ4v) is 2.64. The second kappa shape index (κ2) is 7.65. The van der Waals surface area contributed by atoms with Crippen molar-refractivity contribution in [3.8, 4) is 5.75 Å². The van der Waals surface area contributed by atoms with Crippen molar-refractivity contribution >= 4 is 34.7 Å². The molecule has 8 heteroatoms. The third-order valence-electron chi connectivity index (χ3n) is 3.05. The molecule has 0 saturated carbocycles. The Hall–Kier alpha value is -2.10. The maximum absolute atomic E-state index is 12.9. The van der Waals surface area contributed by atoms with Gasteiger partial charge in [-0.1, -0.05) is 18.2 Å². The highest BCUT2D eigenvalue weighted by Crippen LogP contribution is 2.31. The largest absolute Gasteiger partial charge is 0.496 e. The lowest BCUT2D eigenvalue weighted by Crippen LogP contribution is -2.18. The summed E-state index contributed by atoms with van der Waals surface area (Å²) in [5.74, 6) is 0.0889. The monoisotopic (exact) mass is 448 g/mol. The van der Waals surface area contributed by atoms with E-state index in [1.807, 2.05) is 22.6 Å². The molecule has 126 valence electrons. The van der Waals surface area contributed by atoms with Crippen LogP contribution in [0.5, 0.6) is 5.75 Å². The minimum atomic E-state index is -4.49. The Balaban J connectivity index is 2.12. The van der Waals surface area contributed by atoms with Crippen LogP contribution in [0.2, 0.25) is 0 Å². The number of hydrogen-bond donors (Lipinski definition) is 1. The zero-order chi connectivity index (χ0) is 17.7. The molecule has 0 spiro atoms. The molecule has 0 heterocycles. The number of hydrogen-bond acceptors (Lipinski definition) is 3. The average molecular weight is 448 g/mol. The number of carbonyl (C=O) groups excluding carboxylic acids is 1. The Morgan fingerprint density at radius 2 is 1.96 bits per heavy atom. The first kappa shape index (κ1) is 18.2. The van der Waals surface area contributed by atoms with Crippen LogP contribution < -0.4 is 10.2 Å². The van der Waals surface area contributed by atoms with Gasteiger partial charge in [0.15, 0.2) is 0 Å². The third kappa shape index (κ3) is 4.47. The van der Waals surface area contributed by atoms with Gasteiger partial charge in [-0.3, -0.25) is 4.79 Å². The molecule has 0 fully saturated rings. The van der Waals surface area contributed by atoms with Crippen molar-refractivity contribution in [3.05, 3.63) is 62.7 Å². The summed E-state index contributed by atoms with van der Waals surface area (Å²) in [4.78, 5) is 12.0. The highest BCUT2D eigenvalue weighted by Gasteiger charge is 2.32. The highest BCUT2D eigenvalue weighted by atomic mass is 127. The molecule has 0 unspecified atom stereocenters. The number of alkyl halides is 3. The lowest BCUT2D eigenvalue weighted by Gasteiger charge is -2.09. The molecule has 0 aliphatic heterocycles. The molecule has 0 bridgehead atoms. The SMILES string of the molecule is COc1ccc(C(=O)N/N=C/c2ccccc2C(F)(F)F)cc1I. The fraction of sp³-hybridized carbons (Fsp3) is 0.125. The number of rotatable bonds is 4. The van der Waals surface area contributed by atoms with Crippen molar-refractivity contribution in [2.24, 2.45) is 5.10 Å². The fourth-order valence-electron chi connectivity index (χ4n) is 1.90. The van der Waals surface area contributed by atoms with Gasteiger partial charge in [0.05, 0.1) is 22.5 Å². The third-order valence-corrected chi connectivity index (χ3v) is 3.89. The smallest absolute Gasteiger partial charge is 0.417 e. The topological polar surface area (TPSA) is 50.7 Å². The summed E-state index contributed by atoms with van der Waals surface area (Å²) in [6.07, 6.45) is -3.52. The molecule has 2 aromatic rings. The molecule has 4 nitrogen and oxygen atoms in total. The van der Waals surface area contributed by atoms with E-state index in [1.165, 1.54) is 31.4 Å². The lowest BCUT2D eigenvalue weighted by molar-refractivity contribution is -0.137. The number of amides is 1. The molecule has 2 rings (SSSR count). The summed E-state index contributed by atoms with van der Waals surface area (Å²) in [7, 11) is 1.51. The number of hydrazone groups is 1. The van der Waals surface area contributed by atoms with Crippen molar-refractivity contribution in [1.29, 1.82) is 0 Å². The van der Waals surface area contributed by atoms with E-state index in [0.717, 1.165) is 15.9 Å². The van der Waals surface area contributed by atoms with Crippen LogP contribution in [0.1, 0.15) is 21.5 Å². The van der Waals surface area contributed by atoms with E-state index in [2.05, 4.69) is 10.5 Å². The van der Waals surface area contributed by atoms with Crippen LogP contribution >= 0.6 is 22.6 Å². The van der Waals surface area contributed by atoms with Crippen molar-refractivity contribution in [2.75, 3.05) is 7.11 Å². The van der Waals surface area contributed by atoms with Gasteiger partial charge < -0.3 is 4.74 Å². The van der Waals surface area contributed by atoms with Crippen LogP contribution in [-0.4, -0.2) is 19.2 Å². The van der Waals surface area contributed by atoms with Gasteiger partial charge in [-0.05, 0) is 46.9 Å². The van der Waals surface area contributed by atoms with Crippen LogP contribution in [0.3, 0.4) is 0 Å². The Labute approximate surface area is 149 Å². The molecule has 0 aliphatic rings. The van der Waals surface area contributed by atoms with Gasteiger partial charge in [0.1, 0.15) is 5.75 Å². The van der Waals surface area contributed by atoms with E-state index < -0.39 is 17.6 Å². The summed E-state index contributed by atoms with van der Waals surface area (Å²) in [6.45, 7) is 0. The Kier molecular flexibility index (Phi) is 5.81. The summed E-state index contributed by atoms with van der Waals surface area (Å²) in [5.41, 5.74) is 1.58. The number of methoxy groups -OCH3 is 1. The molecule has 0 aromatic heterocycles. The Morgan fingerprint density at radius 1 is 1.25 bits per heavy atom. The molecule has 2 aromatic carbocycles. The maximum atomic E-state index is 12.9. The number of carbonyl (C=O) groups is 1. The minimum absolute atomic E-state index is 0.130. The summed E-state index contributed by atoms with van der Waals surface area (Å²) >= 11 is 2.01. The average Bonchev–Trinajstić information content (AvgIpc) is 2.54. The second-order valence-electron chi connectivity index (χ2n) is 4.63. The van der Waals surface area contributed by atoms with E-state index in [1.54, 1.807) is 12.1 Å². The second-order valence-corrected chi connectivity index (χ2v) is 5.80. The molecule has 0 aliphatic carbocycles. The number of benzene rings is 2. The van der Waals surface area contributed by atoms with E-state index in [4.69, 9.17) is 4.74 Å². The van der Waals surface area contributed by atoms with Gasteiger partial charge in [0.25, 0.3) is 5.91 Å². The zero-order valence-corrected chi connectivity index (χ0v) is 14.6. The van der Waals surface area contributed by atoms with Crippen LogP contribution in [0.25, 0.3) is 0 Å². The van der Waals surface area contributed by atoms with Gasteiger partial charge in [-0.25, -0.2) is 5.43 Å². The number of ether oxygens (including phenoxy) is 1. The van der Waals surface area contributed by atoms with Gasteiger partial charge in [0.2, 0.25) is 0 Å². The normalized spacial score (nSPS) is 11.5. The lowest BCUT2D eigenvalue weighted by atomic mass is 10.1. The van der Waals surface area contributed by atoms with E-state index >= 15 is 0 Å². The first-order valence-electron chi connectivity index (χ1n) is 6.66. The standard InChI is InChI=1S/C16H12F3IN2O2/c1-24-14-7-6-10(8-13(14)20)15(23)22-21-9-11-4-2-3-5-12(11)16(17,18)19/h2-9H,1H3,(H,22,23)/b21-9+. The van der Waals surface area contributed by atoms with Gasteiger partial charge in [-0.2, -0.15) is 18.3 Å². The molecule has 1 N–H and O–H groups in total. The maximum Gasteiger partial charge on any atom is 0.417 e. The first-order valence-corrected chi connectivity index (χ1v) is 7.74. The summed E-state index contributed by atoms with van der Waals surface area (Å²) in [5, 5.41) is 3.61. The van der Waals surface area contributed by atoms with Gasteiger partial charge >= 0.3 is 6.18 Å². The quantitative estimate of drug-likeness (QED) is 0.436. The van der Waals surface area contributed by atoms with Gasteiger partial charge in [-0.15, -0.1) is 0 Å². The van der Waals surface area contributed by atoms with Crippen LogP contribution in [0, 0.1) is 3.57 Å². The Bertz CT molecular complexity index is 776. The van der Waals surface area contributed by atoms with Crippen molar-refractivity contribution < 1.29 is 22.7 Å². The van der Waals surface area contributed by atoms with Gasteiger partial charge in [0, 0.05) is 11.1 Å². The molecular formula is C16H12F3IN2O2. The Morgan fingerprint density at radius 3 is 2.58 bits per heavy atom. The number of nitrogens with one attached hydrogen (secondary N) is 1. The molecular weight excluding hydrogens is 436 g/mol. The van der Waals surface area contributed by atoms with E-state index in [9.17, 15) is 18.0 Å². The molecule has 0 saturated heterocycles. The summed E-state index contributed by atoms with van der Waals surface area (Å²) in [6, 6.07) is 9.73. The van der Waals surface area contributed by atoms with Crippen LogP contribution in [0.4, 0.5) is 13.2 Å². The number of halogens is 4.